The average Bonchev–Trinajstić information content (AvgIpc) is 3.41. The van der Waals surface area contributed by atoms with Gasteiger partial charge in [-0.2, -0.15) is 13.2 Å². The Balaban J connectivity index is 0.000000628. The van der Waals surface area contributed by atoms with Crippen LogP contribution in [0.3, 0.4) is 0 Å². The molecule has 1 saturated heterocycles. The molecule has 1 aliphatic heterocycles. The molecule has 31 heavy (non-hydrogen) atoms. The lowest BCUT2D eigenvalue weighted by molar-refractivity contribution is -0.137. The minimum Gasteiger partial charge on any atom is -0.315 e. The van der Waals surface area contributed by atoms with E-state index in [1.807, 2.05) is 0 Å². The summed E-state index contributed by atoms with van der Waals surface area (Å²) in [6, 6.07) is 4.94. The number of aromatic amines is 1. The maximum absolute atomic E-state index is 13.2. The highest BCUT2D eigenvalue weighted by Gasteiger charge is 2.33. The summed E-state index contributed by atoms with van der Waals surface area (Å²) in [5, 5.41) is 24.6. The number of tetrazole rings is 1. The smallest absolute Gasteiger partial charge is 0.315 e. The number of hydrogen-bond donors (Lipinski definition) is 5. The van der Waals surface area contributed by atoms with Crippen LogP contribution in [0.1, 0.15) is 49.1 Å². The highest BCUT2D eigenvalue weighted by Crippen LogP contribution is 2.40. The molecule has 0 bridgehead atoms. The third-order valence-corrected chi connectivity index (χ3v) is 5.68. The molecule has 5 N–H and O–H groups in total. The normalized spacial score (nSPS) is 24.1. The zero-order valence-electron chi connectivity index (χ0n) is 16.7. The number of halogens is 3. The Morgan fingerprint density at radius 1 is 1.10 bits per heavy atom. The fourth-order valence-corrected chi connectivity index (χ4v) is 4.27. The van der Waals surface area contributed by atoms with Crippen LogP contribution in [0.25, 0.3) is 11.4 Å². The molecule has 0 amide bonds. The van der Waals surface area contributed by atoms with E-state index >= 15 is 0 Å². The van der Waals surface area contributed by atoms with E-state index < -0.39 is 22.6 Å². The summed E-state index contributed by atoms with van der Waals surface area (Å²) in [5.74, 6) is 0.500. The van der Waals surface area contributed by atoms with Crippen molar-refractivity contribution in [3.05, 3.63) is 29.3 Å². The quantitative estimate of drug-likeness (QED) is 0.433. The topological polar surface area (TPSA) is 139 Å². The number of rotatable bonds is 4. The molecule has 1 saturated carbocycles. The number of benzene rings is 1. The van der Waals surface area contributed by atoms with Gasteiger partial charge in [0.15, 0.2) is 16.7 Å². The molecule has 1 aliphatic carbocycles. The first-order chi connectivity index (χ1) is 14.7. The lowest BCUT2D eigenvalue weighted by Gasteiger charge is -2.32. The summed E-state index contributed by atoms with van der Waals surface area (Å²) in [6.07, 6.45) is 0.696. The Kier molecular flexibility index (Phi) is 7.97. The van der Waals surface area contributed by atoms with Gasteiger partial charge in [-0.1, -0.05) is 6.07 Å². The van der Waals surface area contributed by atoms with E-state index in [4.69, 9.17) is 8.42 Å². The van der Waals surface area contributed by atoms with Gasteiger partial charge < -0.3 is 10.6 Å². The van der Waals surface area contributed by atoms with Crippen LogP contribution in [0.5, 0.6) is 0 Å². The fraction of sp³-hybridized carbons (Fsp3) is 0.611. The predicted molar refractivity (Wildman–Crippen MR) is 109 cm³/mol. The Bertz CT molecular complexity index is 899. The second kappa shape index (κ2) is 10.5. The molecule has 13 heteroatoms. The first-order valence-electron chi connectivity index (χ1n) is 10.0. The van der Waals surface area contributed by atoms with Crippen LogP contribution in [-0.2, 0) is 17.1 Å². The first-order valence-corrected chi connectivity index (χ1v) is 11.3. The molecule has 1 aromatic heterocycles. The van der Waals surface area contributed by atoms with E-state index in [-0.39, 0.29) is 11.7 Å². The van der Waals surface area contributed by atoms with Gasteiger partial charge in [0.1, 0.15) is 0 Å². The van der Waals surface area contributed by atoms with E-state index in [1.54, 1.807) is 6.07 Å². The van der Waals surface area contributed by atoms with Gasteiger partial charge in [-0.05, 0) is 72.7 Å². The minimum absolute atomic E-state index is 0.215. The zero-order chi connectivity index (χ0) is 22.4. The van der Waals surface area contributed by atoms with Gasteiger partial charge in [0, 0.05) is 24.2 Å². The van der Waals surface area contributed by atoms with Gasteiger partial charge in [-0.3, -0.25) is 0 Å². The van der Waals surface area contributed by atoms with Crippen molar-refractivity contribution >= 4 is 10.9 Å². The standard InChI is InChI=1S/C18H23F3N6.H3NO2S/c19-18(20,21)12-3-6-15(16(9-12)17-24-26-27-25-17)11-1-4-13(5-2-11)23-14-7-8-22-10-14;1-4(2)3/h3,6,9,11,13-14,22-23H,1-2,4-5,7-8,10H2,(H,24,25,26,27);4H,(H2,1,2,3). The maximum Gasteiger partial charge on any atom is 0.416 e. The van der Waals surface area contributed by atoms with Crippen molar-refractivity contribution in [2.75, 3.05) is 13.1 Å². The number of nitrogens with one attached hydrogen (secondary N) is 3. The molecule has 2 aliphatic rings. The van der Waals surface area contributed by atoms with Crippen LogP contribution in [0.4, 0.5) is 13.2 Å². The Hall–Kier alpha value is -2.09. The van der Waals surface area contributed by atoms with Crippen molar-refractivity contribution in [2.24, 2.45) is 5.14 Å². The van der Waals surface area contributed by atoms with Crippen LogP contribution in [0.15, 0.2) is 18.2 Å². The second-order valence-corrected chi connectivity index (χ2v) is 8.31. The molecule has 9 nitrogen and oxygen atoms in total. The van der Waals surface area contributed by atoms with Crippen molar-refractivity contribution in [3.8, 4) is 11.4 Å². The summed E-state index contributed by atoms with van der Waals surface area (Å²) >= 11 is 0. The SMILES string of the molecule is FC(F)(F)c1ccc(C2CCC(NC3CCNC3)CC2)c(-c2nnn[nH]2)c1.N[SH](=O)=O. The number of nitrogens with two attached hydrogens (primary N) is 1. The molecule has 2 aromatic rings. The van der Waals surface area contributed by atoms with Crippen molar-refractivity contribution in [1.29, 1.82) is 0 Å². The third kappa shape index (κ3) is 6.69. The Labute approximate surface area is 179 Å². The number of thiol groups is 1. The number of alkyl halides is 3. The van der Waals surface area contributed by atoms with Gasteiger partial charge in [0.25, 0.3) is 0 Å². The molecule has 1 atom stereocenters. The Morgan fingerprint density at radius 3 is 2.35 bits per heavy atom. The van der Waals surface area contributed by atoms with Gasteiger partial charge in [0.2, 0.25) is 0 Å². The predicted octanol–water partition coefficient (Wildman–Crippen LogP) is 1.33. The third-order valence-electron chi connectivity index (χ3n) is 5.68. The van der Waals surface area contributed by atoms with Crippen LogP contribution in [-0.4, -0.2) is 54.2 Å². The van der Waals surface area contributed by atoms with E-state index in [0.29, 0.717) is 17.6 Å². The lowest BCUT2D eigenvalue weighted by Crippen LogP contribution is -2.41. The van der Waals surface area contributed by atoms with Crippen LogP contribution < -0.4 is 15.8 Å². The largest absolute Gasteiger partial charge is 0.416 e. The molecule has 172 valence electrons. The zero-order valence-corrected chi connectivity index (χ0v) is 17.6. The molecule has 1 unspecified atom stereocenters. The van der Waals surface area contributed by atoms with Gasteiger partial charge in [0.05, 0.1) is 5.56 Å². The highest BCUT2D eigenvalue weighted by atomic mass is 32.2. The number of aromatic nitrogens is 4. The average molecular weight is 462 g/mol. The van der Waals surface area contributed by atoms with Gasteiger partial charge in [-0.25, -0.2) is 18.7 Å². The van der Waals surface area contributed by atoms with Gasteiger partial charge >= 0.3 is 6.18 Å². The Morgan fingerprint density at radius 2 is 1.81 bits per heavy atom. The van der Waals surface area contributed by atoms with Crippen molar-refractivity contribution < 1.29 is 21.6 Å². The van der Waals surface area contributed by atoms with Crippen molar-refractivity contribution in [3.63, 3.8) is 0 Å². The first kappa shape index (κ1) is 23.6. The summed E-state index contributed by atoms with van der Waals surface area (Å²) in [5.41, 5.74) is 0.662. The maximum atomic E-state index is 13.2. The van der Waals surface area contributed by atoms with E-state index in [1.165, 1.54) is 0 Å². The summed E-state index contributed by atoms with van der Waals surface area (Å²) in [7, 11) is -2.62. The van der Waals surface area contributed by atoms with Crippen molar-refractivity contribution in [1.82, 2.24) is 31.3 Å². The molecular weight excluding hydrogens is 435 g/mol. The monoisotopic (exact) mass is 461 g/mol. The number of hydrogen-bond acceptors (Lipinski definition) is 7. The van der Waals surface area contributed by atoms with Gasteiger partial charge in [-0.15, -0.1) is 5.10 Å². The molecular formula is C18H26F3N7O2S. The van der Waals surface area contributed by atoms with E-state index in [0.717, 1.165) is 62.9 Å². The molecule has 0 radical (unpaired) electrons. The second-order valence-electron chi connectivity index (χ2n) is 7.74. The minimum atomic E-state index is -4.39. The molecule has 0 spiro atoms. The molecule has 1 aromatic carbocycles. The van der Waals surface area contributed by atoms with E-state index in [9.17, 15) is 13.2 Å². The molecule has 4 rings (SSSR count). The molecule has 2 heterocycles. The highest BCUT2D eigenvalue weighted by molar-refractivity contribution is 7.69. The number of H-pyrrole nitrogens is 1. The molecule has 2 fully saturated rings. The van der Waals surface area contributed by atoms with Crippen LogP contribution in [0.2, 0.25) is 0 Å². The fourth-order valence-electron chi connectivity index (χ4n) is 4.27. The summed E-state index contributed by atoms with van der Waals surface area (Å²) in [4.78, 5) is 0. The summed E-state index contributed by atoms with van der Waals surface area (Å²) in [6.45, 7) is 2.08. The lowest BCUT2D eigenvalue weighted by atomic mass is 9.79. The van der Waals surface area contributed by atoms with E-state index in [2.05, 4.69) is 36.4 Å². The number of nitrogens with zero attached hydrogens (tertiary/aromatic N) is 3. The van der Waals surface area contributed by atoms with Crippen LogP contribution in [0, 0.1) is 0 Å². The van der Waals surface area contributed by atoms with Crippen LogP contribution >= 0.6 is 0 Å². The van der Waals surface area contributed by atoms with Crippen molar-refractivity contribution in [2.45, 2.75) is 56.3 Å². The summed E-state index contributed by atoms with van der Waals surface area (Å²) < 4.78 is 57.1.